The topological polar surface area (TPSA) is 59.8 Å². The van der Waals surface area contributed by atoms with Gasteiger partial charge in [-0.15, -0.1) is 0 Å². The molecule has 0 saturated heterocycles. The van der Waals surface area contributed by atoms with Crippen molar-refractivity contribution in [3.05, 3.63) is 36.3 Å². The molecule has 2 amide bonds. The average Bonchev–Trinajstić information content (AvgIpc) is 2.74. The fourth-order valence-electron chi connectivity index (χ4n) is 1.33. The second-order valence-corrected chi connectivity index (χ2v) is 5.23. The molecule has 0 unspecified atom stereocenters. The molecule has 0 radical (unpaired) electrons. The van der Waals surface area contributed by atoms with Gasteiger partial charge in [0.2, 0.25) is 0 Å². The Hall–Kier alpha value is -2.04. The number of ether oxygens (including phenoxy) is 1. The number of rotatable bonds is 3. The second-order valence-electron chi connectivity index (χ2n) is 5.23. The SMILES string of the molecule is C=C(C)C(=O)N(Cc1ccco1)C(=O)OC(C)(C)C. The van der Waals surface area contributed by atoms with E-state index in [1.54, 1.807) is 39.8 Å². The molecule has 1 rings (SSSR count). The Morgan fingerprint density at radius 1 is 1.42 bits per heavy atom. The molecule has 1 heterocycles. The number of imide groups is 1. The van der Waals surface area contributed by atoms with Crippen LogP contribution in [0.25, 0.3) is 0 Å². The zero-order chi connectivity index (χ0) is 14.6. The Morgan fingerprint density at radius 3 is 2.47 bits per heavy atom. The molecule has 0 fully saturated rings. The van der Waals surface area contributed by atoms with Crippen LogP contribution in [0.1, 0.15) is 33.5 Å². The lowest BCUT2D eigenvalue weighted by atomic mass is 10.2. The van der Waals surface area contributed by atoms with Crippen LogP contribution in [0.3, 0.4) is 0 Å². The van der Waals surface area contributed by atoms with E-state index in [4.69, 9.17) is 9.15 Å². The summed E-state index contributed by atoms with van der Waals surface area (Å²) in [5.74, 6) is 0.0195. The third kappa shape index (κ3) is 4.62. The summed E-state index contributed by atoms with van der Waals surface area (Å²) in [5.41, 5.74) is -0.411. The van der Waals surface area contributed by atoms with Gasteiger partial charge in [-0.3, -0.25) is 4.79 Å². The predicted octanol–water partition coefficient (Wildman–Crippen LogP) is 3.12. The van der Waals surface area contributed by atoms with Crippen LogP contribution in [0, 0.1) is 0 Å². The molecule has 0 aromatic carbocycles. The summed E-state index contributed by atoms with van der Waals surface area (Å²) < 4.78 is 10.3. The van der Waals surface area contributed by atoms with E-state index in [-0.39, 0.29) is 12.1 Å². The smallest absolute Gasteiger partial charge is 0.417 e. The minimum absolute atomic E-state index is 0.0214. The van der Waals surface area contributed by atoms with Crippen molar-refractivity contribution in [1.82, 2.24) is 4.90 Å². The van der Waals surface area contributed by atoms with Gasteiger partial charge in [0.05, 0.1) is 12.8 Å². The van der Waals surface area contributed by atoms with Crippen LogP contribution in [0.2, 0.25) is 0 Å². The summed E-state index contributed by atoms with van der Waals surface area (Å²) in [6.45, 7) is 10.3. The van der Waals surface area contributed by atoms with Gasteiger partial charge in [0.1, 0.15) is 11.4 Å². The van der Waals surface area contributed by atoms with E-state index in [1.165, 1.54) is 6.26 Å². The van der Waals surface area contributed by atoms with Gasteiger partial charge in [-0.2, -0.15) is 0 Å². The van der Waals surface area contributed by atoms with Crippen LogP contribution in [-0.4, -0.2) is 22.5 Å². The minimum atomic E-state index is -0.711. The molecule has 0 spiro atoms. The lowest BCUT2D eigenvalue weighted by molar-refractivity contribution is -0.127. The van der Waals surface area contributed by atoms with Gasteiger partial charge in [-0.1, -0.05) is 6.58 Å². The normalized spacial score (nSPS) is 10.9. The van der Waals surface area contributed by atoms with Gasteiger partial charge in [-0.05, 0) is 39.8 Å². The maximum Gasteiger partial charge on any atom is 0.417 e. The maximum absolute atomic E-state index is 12.0. The van der Waals surface area contributed by atoms with E-state index < -0.39 is 17.6 Å². The largest absolute Gasteiger partial charge is 0.467 e. The molecule has 104 valence electrons. The Balaban J connectivity index is 2.89. The van der Waals surface area contributed by atoms with E-state index in [9.17, 15) is 9.59 Å². The number of furan rings is 1. The first kappa shape index (κ1) is 15.0. The van der Waals surface area contributed by atoms with Crippen molar-refractivity contribution < 1.29 is 18.7 Å². The summed E-state index contributed by atoms with van der Waals surface area (Å²) >= 11 is 0. The highest BCUT2D eigenvalue weighted by Crippen LogP contribution is 2.15. The zero-order valence-corrected chi connectivity index (χ0v) is 11.7. The monoisotopic (exact) mass is 265 g/mol. The number of amides is 2. The molecule has 19 heavy (non-hydrogen) atoms. The molecule has 0 aliphatic carbocycles. The van der Waals surface area contributed by atoms with E-state index in [0.29, 0.717) is 5.76 Å². The first-order chi connectivity index (χ1) is 8.70. The van der Waals surface area contributed by atoms with Crippen LogP contribution in [-0.2, 0) is 16.1 Å². The molecule has 1 aromatic rings. The second kappa shape index (κ2) is 5.73. The molecular weight excluding hydrogens is 246 g/mol. The van der Waals surface area contributed by atoms with E-state index in [1.807, 2.05) is 0 Å². The molecule has 0 N–H and O–H groups in total. The first-order valence-corrected chi connectivity index (χ1v) is 5.93. The van der Waals surface area contributed by atoms with Crippen molar-refractivity contribution in [2.75, 3.05) is 0 Å². The van der Waals surface area contributed by atoms with Crippen molar-refractivity contribution >= 4 is 12.0 Å². The van der Waals surface area contributed by atoms with Crippen LogP contribution in [0.4, 0.5) is 4.79 Å². The van der Waals surface area contributed by atoms with Gasteiger partial charge in [0, 0.05) is 5.57 Å². The number of carbonyl (C=O) groups is 2. The summed E-state index contributed by atoms with van der Waals surface area (Å²) in [6, 6.07) is 3.37. The number of nitrogens with zero attached hydrogens (tertiary/aromatic N) is 1. The van der Waals surface area contributed by atoms with Crippen LogP contribution in [0.5, 0.6) is 0 Å². The Morgan fingerprint density at radius 2 is 2.05 bits per heavy atom. The molecule has 0 saturated carbocycles. The molecular formula is C14H19NO4. The molecule has 5 nitrogen and oxygen atoms in total. The number of hydrogen-bond acceptors (Lipinski definition) is 4. The van der Waals surface area contributed by atoms with Crippen molar-refractivity contribution in [2.45, 2.75) is 39.8 Å². The minimum Gasteiger partial charge on any atom is -0.467 e. The zero-order valence-electron chi connectivity index (χ0n) is 11.7. The summed E-state index contributed by atoms with van der Waals surface area (Å²) in [5, 5.41) is 0. The van der Waals surface area contributed by atoms with Gasteiger partial charge < -0.3 is 9.15 Å². The van der Waals surface area contributed by atoms with Gasteiger partial charge in [0.25, 0.3) is 5.91 Å². The Kier molecular flexibility index (Phi) is 4.53. The van der Waals surface area contributed by atoms with Gasteiger partial charge >= 0.3 is 6.09 Å². The summed E-state index contributed by atoms with van der Waals surface area (Å²) in [6.07, 6.45) is 0.769. The first-order valence-electron chi connectivity index (χ1n) is 5.93. The number of hydrogen-bond donors (Lipinski definition) is 0. The van der Waals surface area contributed by atoms with E-state index in [0.717, 1.165) is 4.90 Å². The predicted molar refractivity (Wildman–Crippen MR) is 70.3 cm³/mol. The molecule has 0 bridgehead atoms. The highest BCUT2D eigenvalue weighted by molar-refractivity contribution is 6.01. The molecule has 0 aliphatic heterocycles. The third-order valence-electron chi connectivity index (χ3n) is 2.12. The molecule has 5 heteroatoms. The Bertz CT molecular complexity index is 468. The van der Waals surface area contributed by atoms with Crippen molar-refractivity contribution in [3.63, 3.8) is 0 Å². The maximum atomic E-state index is 12.0. The van der Waals surface area contributed by atoms with Crippen LogP contribution < -0.4 is 0 Å². The fourth-order valence-corrected chi connectivity index (χ4v) is 1.33. The summed E-state index contributed by atoms with van der Waals surface area (Å²) in [4.78, 5) is 25.0. The van der Waals surface area contributed by atoms with Crippen LogP contribution in [0.15, 0.2) is 35.0 Å². The molecule has 0 aliphatic rings. The lowest BCUT2D eigenvalue weighted by Crippen LogP contribution is -2.40. The van der Waals surface area contributed by atoms with Crippen molar-refractivity contribution in [1.29, 1.82) is 0 Å². The van der Waals surface area contributed by atoms with Crippen LogP contribution >= 0.6 is 0 Å². The fraction of sp³-hybridized carbons (Fsp3) is 0.429. The third-order valence-corrected chi connectivity index (χ3v) is 2.12. The van der Waals surface area contributed by atoms with Crippen molar-refractivity contribution in [2.24, 2.45) is 0 Å². The van der Waals surface area contributed by atoms with E-state index >= 15 is 0 Å². The quantitative estimate of drug-likeness (QED) is 0.788. The average molecular weight is 265 g/mol. The van der Waals surface area contributed by atoms with Crippen molar-refractivity contribution in [3.8, 4) is 0 Å². The number of carbonyl (C=O) groups excluding carboxylic acids is 2. The Labute approximate surface area is 112 Å². The van der Waals surface area contributed by atoms with Gasteiger partial charge in [0.15, 0.2) is 0 Å². The molecule has 1 aromatic heterocycles. The molecule has 0 atom stereocenters. The summed E-state index contributed by atoms with van der Waals surface area (Å²) in [7, 11) is 0. The van der Waals surface area contributed by atoms with E-state index in [2.05, 4.69) is 6.58 Å². The van der Waals surface area contributed by atoms with Gasteiger partial charge in [-0.25, -0.2) is 9.69 Å². The highest BCUT2D eigenvalue weighted by atomic mass is 16.6. The standard InChI is InChI=1S/C14H19NO4/c1-10(2)12(16)15(9-11-7-6-8-18-11)13(17)19-14(3,4)5/h6-8H,1,9H2,2-5H3. The highest BCUT2D eigenvalue weighted by Gasteiger charge is 2.28. The lowest BCUT2D eigenvalue weighted by Gasteiger charge is -2.25.